The Morgan fingerprint density at radius 3 is 2.33 bits per heavy atom. The second kappa shape index (κ2) is 8.86. The van der Waals surface area contributed by atoms with Gasteiger partial charge in [0.25, 0.3) is 0 Å². The van der Waals surface area contributed by atoms with Gasteiger partial charge < -0.3 is 15.1 Å². The molecule has 142 valence electrons. The maximum Gasteiger partial charge on any atom is 0.320 e. The van der Waals surface area contributed by atoms with E-state index in [9.17, 15) is 14.0 Å². The Labute approximate surface area is 162 Å². The molecule has 2 aromatic carbocycles. The second-order valence-corrected chi connectivity index (χ2v) is 6.92. The molecule has 0 spiro atoms. The molecule has 1 aliphatic heterocycles. The largest absolute Gasteiger partial charge is 0.354 e. The van der Waals surface area contributed by atoms with Crippen LogP contribution in [0.25, 0.3) is 0 Å². The Balaban J connectivity index is 1.42. The van der Waals surface area contributed by atoms with Crippen molar-refractivity contribution in [2.24, 2.45) is 0 Å². The Bertz CT molecular complexity index is 796. The summed E-state index contributed by atoms with van der Waals surface area (Å²) in [5.74, 6) is -0.482. The first-order valence-electron chi connectivity index (χ1n) is 8.81. The highest BCUT2D eigenvalue weighted by atomic mass is 35.5. The molecule has 0 radical (unpaired) electrons. The molecule has 0 aromatic heterocycles. The molecule has 1 fully saturated rings. The summed E-state index contributed by atoms with van der Waals surface area (Å²) in [5, 5.41) is 3.52. The second-order valence-electron chi connectivity index (χ2n) is 6.48. The van der Waals surface area contributed by atoms with Crippen molar-refractivity contribution in [2.75, 3.05) is 26.2 Å². The third-order valence-corrected chi connectivity index (χ3v) is 4.70. The normalized spacial score (nSPS) is 13.9. The third-order valence-electron chi connectivity index (χ3n) is 4.45. The predicted molar refractivity (Wildman–Crippen MR) is 102 cm³/mol. The zero-order valence-electron chi connectivity index (χ0n) is 14.8. The first kappa shape index (κ1) is 19.2. The van der Waals surface area contributed by atoms with Crippen LogP contribution in [0.1, 0.15) is 11.1 Å². The van der Waals surface area contributed by atoms with Crippen molar-refractivity contribution in [1.29, 1.82) is 0 Å². The lowest BCUT2D eigenvalue weighted by Crippen LogP contribution is -2.40. The van der Waals surface area contributed by atoms with E-state index in [1.165, 1.54) is 17.0 Å². The lowest BCUT2D eigenvalue weighted by atomic mass is 10.1. The van der Waals surface area contributed by atoms with Gasteiger partial charge in [-0.05, 0) is 41.8 Å². The molecule has 7 heteroatoms. The van der Waals surface area contributed by atoms with Crippen LogP contribution in [-0.4, -0.2) is 47.9 Å². The Morgan fingerprint density at radius 2 is 1.63 bits per heavy atom. The number of benzene rings is 2. The van der Waals surface area contributed by atoms with Crippen molar-refractivity contribution in [3.8, 4) is 0 Å². The molecule has 27 heavy (non-hydrogen) atoms. The van der Waals surface area contributed by atoms with Gasteiger partial charge in [-0.15, -0.1) is 0 Å². The van der Waals surface area contributed by atoms with Crippen LogP contribution in [0.2, 0.25) is 5.02 Å². The number of carbonyl (C=O) groups is 2. The van der Waals surface area contributed by atoms with E-state index in [1.54, 1.807) is 17.0 Å². The molecule has 3 amide bonds. The number of nitrogens with zero attached hydrogens (tertiary/aromatic N) is 2. The van der Waals surface area contributed by atoms with Gasteiger partial charge in [0.15, 0.2) is 0 Å². The molecule has 5 nitrogen and oxygen atoms in total. The zero-order valence-corrected chi connectivity index (χ0v) is 15.6. The average molecular weight is 390 g/mol. The number of halogens is 2. The number of urea groups is 1. The number of nitrogens with one attached hydrogen (secondary N) is 1. The van der Waals surface area contributed by atoms with E-state index in [0.717, 1.165) is 11.1 Å². The van der Waals surface area contributed by atoms with Crippen LogP contribution < -0.4 is 5.32 Å². The molecule has 0 saturated carbocycles. The topological polar surface area (TPSA) is 52.7 Å². The first-order chi connectivity index (χ1) is 13.0. The number of carbonyl (C=O) groups excluding carboxylic acids is 2. The molecule has 1 heterocycles. The van der Waals surface area contributed by atoms with Gasteiger partial charge in [0.1, 0.15) is 12.4 Å². The van der Waals surface area contributed by atoms with Crippen molar-refractivity contribution >= 4 is 23.5 Å². The van der Waals surface area contributed by atoms with E-state index in [1.807, 2.05) is 24.3 Å². The van der Waals surface area contributed by atoms with E-state index in [2.05, 4.69) is 5.32 Å². The van der Waals surface area contributed by atoms with Crippen LogP contribution in [0.4, 0.5) is 9.18 Å². The van der Waals surface area contributed by atoms with Gasteiger partial charge in [0, 0.05) is 31.2 Å². The molecule has 3 rings (SSSR count). The van der Waals surface area contributed by atoms with Crippen LogP contribution in [-0.2, 0) is 17.8 Å². The molecule has 0 aliphatic carbocycles. The summed E-state index contributed by atoms with van der Waals surface area (Å²) in [6.45, 7) is 2.01. The highest BCUT2D eigenvalue weighted by Crippen LogP contribution is 2.14. The Hall–Kier alpha value is -2.60. The Morgan fingerprint density at radius 1 is 1.00 bits per heavy atom. The smallest absolute Gasteiger partial charge is 0.320 e. The molecular weight excluding hydrogens is 369 g/mol. The minimum absolute atomic E-state index is 0.0410. The number of hydrogen-bond acceptors (Lipinski definition) is 2. The van der Waals surface area contributed by atoms with Crippen molar-refractivity contribution < 1.29 is 14.0 Å². The van der Waals surface area contributed by atoms with Gasteiger partial charge in [-0.1, -0.05) is 35.9 Å². The number of hydrogen-bond donors (Lipinski definition) is 1. The van der Waals surface area contributed by atoms with Crippen LogP contribution >= 0.6 is 11.6 Å². The van der Waals surface area contributed by atoms with Crippen LogP contribution in [0.3, 0.4) is 0 Å². The van der Waals surface area contributed by atoms with Crippen LogP contribution in [0, 0.1) is 5.82 Å². The highest BCUT2D eigenvalue weighted by molar-refractivity contribution is 6.30. The summed E-state index contributed by atoms with van der Waals surface area (Å²) < 4.78 is 13.0. The van der Waals surface area contributed by atoms with Crippen molar-refractivity contribution in [3.63, 3.8) is 0 Å². The fraction of sp³-hybridized carbons (Fsp3) is 0.300. The zero-order chi connectivity index (χ0) is 19.2. The maximum atomic E-state index is 13.0. The molecular formula is C20H21ClFN3O2. The molecule has 1 N–H and O–H groups in total. The lowest BCUT2D eigenvalue weighted by molar-refractivity contribution is -0.121. The van der Waals surface area contributed by atoms with Gasteiger partial charge >= 0.3 is 6.03 Å². The fourth-order valence-corrected chi connectivity index (χ4v) is 3.09. The number of amides is 3. The monoisotopic (exact) mass is 389 g/mol. The number of rotatable bonds is 7. The van der Waals surface area contributed by atoms with Gasteiger partial charge in [-0.25, -0.2) is 9.18 Å². The minimum Gasteiger partial charge on any atom is -0.354 e. The standard InChI is InChI=1S/C20H21ClFN3O2/c21-17-5-1-15(2-6-17)9-10-23-19(26)14-25-12-11-24(20(25)27)13-16-3-7-18(22)8-4-16/h1-8H,9-14H2,(H,23,26). The fourth-order valence-electron chi connectivity index (χ4n) is 2.96. The van der Waals surface area contributed by atoms with E-state index in [-0.39, 0.29) is 24.3 Å². The molecule has 1 aliphatic rings. The summed E-state index contributed by atoms with van der Waals surface area (Å²) in [4.78, 5) is 27.7. The lowest BCUT2D eigenvalue weighted by Gasteiger charge is -2.18. The van der Waals surface area contributed by atoms with Crippen molar-refractivity contribution in [1.82, 2.24) is 15.1 Å². The summed E-state index contributed by atoms with van der Waals surface area (Å²) >= 11 is 5.85. The van der Waals surface area contributed by atoms with Gasteiger partial charge in [0.2, 0.25) is 5.91 Å². The Kier molecular flexibility index (Phi) is 6.29. The van der Waals surface area contributed by atoms with Gasteiger partial charge in [-0.2, -0.15) is 0 Å². The first-order valence-corrected chi connectivity index (χ1v) is 9.18. The summed E-state index contributed by atoms with van der Waals surface area (Å²) in [7, 11) is 0. The van der Waals surface area contributed by atoms with E-state index < -0.39 is 0 Å². The maximum absolute atomic E-state index is 13.0. The third kappa shape index (κ3) is 5.44. The molecule has 0 atom stereocenters. The SMILES string of the molecule is O=C(CN1CCN(Cc2ccc(F)cc2)C1=O)NCCc1ccc(Cl)cc1. The summed E-state index contributed by atoms with van der Waals surface area (Å²) in [5.41, 5.74) is 1.95. The van der Waals surface area contributed by atoms with E-state index in [4.69, 9.17) is 11.6 Å². The average Bonchev–Trinajstić information content (AvgIpc) is 2.98. The van der Waals surface area contributed by atoms with Crippen LogP contribution in [0.5, 0.6) is 0 Å². The summed E-state index contributed by atoms with van der Waals surface area (Å²) in [6, 6.07) is 13.4. The molecule has 0 bridgehead atoms. The summed E-state index contributed by atoms with van der Waals surface area (Å²) in [6.07, 6.45) is 0.702. The van der Waals surface area contributed by atoms with Crippen molar-refractivity contribution in [2.45, 2.75) is 13.0 Å². The van der Waals surface area contributed by atoms with E-state index in [0.29, 0.717) is 37.6 Å². The molecule has 0 unspecified atom stereocenters. The minimum atomic E-state index is -0.302. The van der Waals surface area contributed by atoms with Gasteiger partial charge in [-0.3, -0.25) is 4.79 Å². The quantitative estimate of drug-likeness (QED) is 0.791. The molecule has 2 aromatic rings. The van der Waals surface area contributed by atoms with E-state index >= 15 is 0 Å². The van der Waals surface area contributed by atoms with Crippen molar-refractivity contribution in [3.05, 3.63) is 70.5 Å². The predicted octanol–water partition coefficient (Wildman–Crippen LogP) is 3.08. The van der Waals surface area contributed by atoms with Crippen LogP contribution in [0.15, 0.2) is 48.5 Å². The van der Waals surface area contributed by atoms with Gasteiger partial charge in [0.05, 0.1) is 0 Å². The molecule has 1 saturated heterocycles. The highest BCUT2D eigenvalue weighted by Gasteiger charge is 2.29.